The van der Waals surface area contributed by atoms with Crippen LogP contribution in [0.15, 0.2) is 131 Å². The van der Waals surface area contributed by atoms with Crippen molar-refractivity contribution in [2.75, 3.05) is 13.1 Å². The molecule has 21 heteroatoms. The van der Waals surface area contributed by atoms with Gasteiger partial charge in [0, 0.05) is 25.9 Å². The molecule has 0 aliphatic rings. The van der Waals surface area contributed by atoms with Crippen molar-refractivity contribution in [3.8, 4) is 0 Å². The Morgan fingerprint density at radius 1 is 0.403 bits per heavy atom. The van der Waals surface area contributed by atoms with E-state index in [0.29, 0.717) is 11.1 Å². The van der Waals surface area contributed by atoms with Gasteiger partial charge in [0.1, 0.15) is 12.1 Å². The highest BCUT2D eigenvalue weighted by Gasteiger charge is 2.41. The highest BCUT2D eigenvalue weighted by atomic mass is 35.5. The van der Waals surface area contributed by atoms with Crippen molar-refractivity contribution in [1.29, 1.82) is 0 Å². The summed E-state index contributed by atoms with van der Waals surface area (Å²) < 4.78 is 0. The second-order valence-corrected chi connectivity index (χ2v) is 17.9. The molecule has 0 heterocycles. The molecule has 4 aromatic rings. The van der Waals surface area contributed by atoms with Gasteiger partial charge in [0.15, 0.2) is 40.0 Å². The monoisotopic (exact) mass is 1030 g/mol. The number of guanidine groups is 2. The van der Waals surface area contributed by atoms with E-state index in [2.05, 4.69) is 31.3 Å². The van der Waals surface area contributed by atoms with Gasteiger partial charge in [-0.25, -0.2) is 0 Å². The van der Waals surface area contributed by atoms with Crippen molar-refractivity contribution in [1.82, 2.24) is 21.3 Å². The number of rotatable bonds is 30. The van der Waals surface area contributed by atoms with Crippen LogP contribution in [0.5, 0.6) is 0 Å². The summed E-state index contributed by atoms with van der Waals surface area (Å²) in [4.78, 5) is 106. The number of hydrogen-bond donors (Lipinski definition) is 10. The second kappa shape index (κ2) is 29.9. The number of alkyl halides is 2. The normalized spacial score (nSPS) is 14.3. The van der Waals surface area contributed by atoms with Gasteiger partial charge in [0.25, 0.3) is 0 Å². The number of benzene rings is 4. The van der Waals surface area contributed by atoms with Gasteiger partial charge in [-0.1, -0.05) is 121 Å². The molecule has 4 aromatic carbocycles. The molecule has 0 radical (unpaired) electrons. The Kier molecular flexibility index (Phi) is 23.8. The Morgan fingerprint density at radius 3 is 0.972 bits per heavy atom. The summed E-state index contributed by atoms with van der Waals surface area (Å²) >= 11 is 13.2. The molecule has 0 aliphatic heterocycles. The third kappa shape index (κ3) is 19.5. The third-order valence-electron chi connectivity index (χ3n) is 11.3. The van der Waals surface area contributed by atoms with Crippen LogP contribution in [0, 0.1) is 0 Å². The molecule has 4 rings (SSSR count). The van der Waals surface area contributed by atoms with Crippen molar-refractivity contribution in [2.24, 2.45) is 44.4 Å². The lowest BCUT2D eigenvalue weighted by Crippen LogP contribution is -2.57. The molecule has 0 bridgehead atoms. The Bertz CT molecular complexity index is 2300. The molecule has 0 aromatic heterocycles. The van der Waals surface area contributed by atoms with Gasteiger partial charge < -0.3 is 55.7 Å². The van der Waals surface area contributed by atoms with Gasteiger partial charge in [0.2, 0.25) is 23.6 Å². The third-order valence-corrected chi connectivity index (χ3v) is 12.2. The summed E-state index contributed by atoms with van der Waals surface area (Å²) in [6.45, 7) is 0.0356. The van der Waals surface area contributed by atoms with E-state index >= 15 is 0 Å². The average Bonchev–Trinajstić information content (AvgIpc) is 3.37. The van der Waals surface area contributed by atoms with Crippen LogP contribution in [0.2, 0.25) is 0 Å². The molecule has 0 saturated heterocycles. The highest BCUT2D eigenvalue weighted by Crippen LogP contribution is 2.18. The number of nitrogens with two attached hydrogens (primary N) is 6. The molecule has 19 nitrogen and oxygen atoms in total. The first-order valence-corrected chi connectivity index (χ1v) is 24.2. The first-order chi connectivity index (χ1) is 34.4. The fraction of sp³-hybridized carbons (Fsp3) is 0.353. The Labute approximate surface area is 428 Å². The zero-order chi connectivity index (χ0) is 52.6. The van der Waals surface area contributed by atoms with E-state index in [9.17, 15) is 33.6 Å². The van der Waals surface area contributed by atoms with Crippen LogP contribution < -0.4 is 55.7 Å². The molecular formula is C51H64Cl2N12O7. The lowest BCUT2D eigenvalue weighted by atomic mass is 9.95. The maximum absolute atomic E-state index is 14.3. The molecule has 0 spiro atoms. The number of halogens is 2. The Balaban J connectivity index is 1.57. The van der Waals surface area contributed by atoms with Gasteiger partial charge in [-0.3, -0.25) is 43.5 Å². The Hall–Kier alpha value is -7.19. The average molecular weight is 1030 g/mol. The summed E-state index contributed by atoms with van der Waals surface area (Å²) in [6, 6.07) is 28.1. The van der Waals surface area contributed by atoms with Gasteiger partial charge in [0.05, 0.1) is 24.2 Å². The number of Topliss-reactive ketones (excluding diaryl/α,β-unsaturated/α-hetero) is 3. The molecule has 0 saturated carbocycles. The summed E-state index contributed by atoms with van der Waals surface area (Å²) in [6.07, 6.45) is 0.226. The van der Waals surface area contributed by atoms with Crippen LogP contribution in [-0.4, -0.2) is 113 Å². The first-order valence-electron chi connectivity index (χ1n) is 23.3. The fourth-order valence-corrected chi connectivity index (χ4v) is 8.10. The number of carbonyl (C=O) groups excluding carboxylic acids is 7. The molecule has 8 atom stereocenters. The van der Waals surface area contributed by atoms with E-state index in [-0.39, 0.29) is 76.4 Å². The van der Waals surface area contributed by atoms with Gasteiger partial charge in [-0.05, 0) is 60.8 Å². The summed E-state index contributed by atoms with van der Waals surface area (Å²) in [7, 11) is 0. The number of ketones is 3. The number of aliphatic imine (C=N–C) groups is 2. The van der Waals surface area contributed by atoms with Crippen LogP contribution in [0.1, 0.15) is 47.9 Å². The number of hydrogen-bond acceptors (Lipinski definition) is 11. The topological polar surface area (TPSA) is 348 Å². The van der Waals surface area contributed by atoms with Crippen molar-refractivity contribution in [3.63, 3.8) is 0 Å². The minimum absolute atomic E-state index is 0.0143. The van der Waals surface area contributed by atoms with E-state index in [4.69, 9.17) is 57.6 Å². The minimum atomic E-state index is -2.11. The molecular weight excluding hydrogens is 964 g/mol. The zero-order valence-corrected chi connectivity index (χ0v) is 41.2. The second-order valence-electron chi connectivity index (χ2n) is 17.0. The predicted molar refractivity (Wildman–Crippen MR) is 278 cm³/mol. The van der Waals surface area contributed by atoms with Crippen LogP contribution in [0.3, 0.4) is 0 Å². The largest absolute Gasteiger partial charge is 0.370 e. The maximum atomic E-state index is 14.3. The molecule has 0 fully saturated rings. The zero-order valence-electron chi connectivity index (χ0n) is 39.7. The lowest BCUT2D eigenvalue weighted by Gasteiger charge is -2.26. The van der Waals surface area contributed by atoms with Crippen LogP contribution in [-0.2, 0) is 59.2 Å². The minimum Gasteiger partial charge on any atom is -0.370 e. The summed E-state index contributed by atoms with van der Waals surface area (Å²) in [5, 5.41) is 6.45. The predicted octanol–water partition coefficient (Wildman–Crippen LogP) is 0.580. The number of carbonyl (C=O) groups is 7. The van der Waals surface area contributed by atoms with E-state index in [1.807, 2.05) is 36.4 Å². The highest BCUT2D eigenvalue weighted by molar-refractivity contribution is 6.53. The van der Waals surface area contributed by atoms with E-state index < -0.39 is 88.0 Å². The summed E-state index contributed by atoms with van der Waals surface area (Å²) in [5.74, 6) is -6.67. The van der Waals surface area contributed by atoms with E-state index in [0.717, 1.165) is 11.1 Å². The van der Waals surface area contributed by atoms with Gasteiger partial charge in [-0.2, -0.15) is 0 Å². The number of nitrogens with one attached hydrogen (secondary N) is 4. The SMILES string of the molecule is NC(N)=NCCC[C@H](NC(=O)[C@H](Cc1ccccc1)NC(=O)[C@@H](N)Cc1ccccc1)C(=O)C(Cl)C(=O)C(Cl)C(=O)[C@H](CCCN=C(N)N)NC(=O)[C@H](Cc1ccccc1)NC(=O)[C@@H](N)Cc1ccccc1. The molecule has 4 amide bonds. The molecule has 16 N–H and O–H groups in total. The fourth-order valence-electron chi connectivity index (χ4n) is 7.48. The van der Waals surface area contributed by atoms with Gasteiger partial charge >= 0.3 is 0 Å². The molecule has 0 aliphatic carbocycles. The van der Waals surface area contributed by atoms with Crippen molar-refractivity contribution in [2.45, 2.75) is 98.4 Å². The van der Waals surface area contributed by atoms with Crippen LogP contribution >= 0.6 is 23.2 Å². The first kappa shape index (κ1) is 57.4. The molecule has 384 valence electrons. The van der Waals surface area contributed by atoms with Crippen LogP contribution in [0.25, 0.3) is 0 Å². The Morgan fingerprint density at radius 2 is 0.681 bits per heavy atom. The van der Waals surface area contributed by atoms with Gasteiger partial charge in [-0.15, -0.1) is 23.2 Å². The number of nitrogens with zero attached hydrogens (tertiary/aromatic N) is 2. The standard InChI is InChI=1S/C51H64Cl2N12O7/c52-41(43(66)37(23-13-25-60-50(56)57)62-48(71)39(29-33-19-9-3-10-20-33)64-46(69)35(54)27-31-15-5-1-6-16-31)45(68)42(53)44(67)38(24-14-26-61-51(58)59)63-49(72)40(30-34-21-11-4-12-22-34)65-47(70)36(55)28-32-17-7-2-8-18-32/h1-12,15-22,35-42H,13-14,23-30,54-55H2,(H,62,71)(H,63,72)(H,64,69)(H,65,70)(H4,56,57,60)(H4,58,59,61)/t35-,36-,37-,38-,39-,40-,41?,42?/m0/s1. The smallest absolute Gasteiger partial charge is 0.243 e. The van der Waals surface area contributed by atoms with Crippen molar-refractivity contribution >= 4 is 76.1 Å². The maximum Gasteiger partial charge on any atom is 0.243 e. The molecule has 2 unspecified atom stereocenters. The number of amides is 4. The van der Waals surface area contributed by atoms with E-state index in [1.54, 1.807) is 84.9 Å². The quantitative estimate of drug-likeness (QED) is 0.0113. The van der Waals surface area contributed by atoms with Crippen molar-refractivity contribution in [3.05, 3.63) is 144 Å². The lowest BCUT2D eigenvalue weighted by molar-refractivity contribution is -0.135. The van der Waals surface area contributed by atoms with Crippen molar-refractivity contribution < 1.29 is 33.6 Å². The van der Waals surface area contributed by atoms with Crippen LogP contribution in [0.4, 0.5) is 0 Å². The molecule has 72 heavy (non-hydrogen) atoms. The summed E-state index contributed by atoms with van der Waals surface area (Å²) in [5.41, 5.74) is 37.5. The van der Waals surface area contributed by atoms with E-state index in [1.165, 1.54) is 0 Å².